The van der Waals surface area contributed by atoms with Crippen LogP contribution >= 0.6 is 0 Å². The highest BCUT2D eigenvalue weighted by molar-refractivity contribution is 5.74. The Kier molecular flexibility index (Phi) is 6.90. The number of likely N-dealkylation sites (N-methyl/N-ethyl adjacent to an activating group) is 1. The number of amides is 2. The first-order valence-corrected chi connectivity index (χ1v) is 8.82. The molecule has 0 bridgehead atoms. The molecule has 0 radical (unpaired) electrons. The molecule has 0 saturated carbocycles. The lowest BCUT2D eigenvalue weighted by atomic mass is 9.96. The van der Waals surface area contributed by atoms with Crippen molar-refractivity contribution in [2.75, 3.05) is 33.7 Å². The minimum atomic E-state index is 0.103. The molecule has 4 nitrogen and oxygen atoms in total. The van der Waals surface area contributed by atoms with Gasteiger partial charge in [-0.05, 0) is 44.8 Å². The second-order valence-corrected chi connectivity index (χ2v) is 6.96. The van der Waals surface area contributed by atoms with Crippen molar-refractivity contribution in [1.82, 2.24) is 15.1 Å². The number of carbonyl (C=O) groups excluding carboxylic acids is 1. The van der Waals surface area contributed by atoms with E-state index in [1.54, 1.807) is 0 Å². The maximum Gasteiger partial charge on any atom is 0.317 e. The number of hydrogen-bond donors (Lipinski definition) is 1. The Hall–Kier alpha value is -1.55. The molecule has 1 N–H and O–H groups in total. The van der Waals surface area contributed by atoms with Gasteiger partial charge in [0.2, 0.25) is 0 Å². The lowest BCUT2D eigenvalue weighted by molar-refractivity contribution is 0.158. The summed E-state index contributed by atoms with van der Waals surface area (Å²) >= 11 is 0. The van der Waals surface area contributed by atoms with Crippen molar-refractivity contribution in [3.63, 3.8) is 0 Å². The van der Waals surface area contributed by atoms with Crippen LogP contribution < -0.4 is 5.32 Å². The van der Waals surface area contributed by atoms with Gasteiger partial charge in [0.15, 0.2) is 0 Å². The molecule has 4 heteroatoms. The van der Waals surface area contributed by atoms with Gasteiger partial charge in [-0.1, -0.05) is 43.7 Å². The van der Waals surface area contributed by atoms with Gasteiger partial charge in [-0.2, -0.15) is 0 Å². The number of nitrogens with one attached hydrogen (secondary N) is 1. The number of nitrogens with zero attached hydrogens (tertiary/aromatic N) is 2. The van der Waals surface area contributed by atoms with E-state index < -0.39 is 0 Å². The Balaban J connectivity index is 1.95. The van der Waals surface area contributed by atoms with Crippen LogP contribution in [0.15, 0.2) is 30.3 Å². The molecule has 23 heavy (non-hydrogen) atoms. The van der Waals surface area contributed by atoms with Crippen molar-refractivity contribution < 1.29 is 4.79 Å². The lowest BCUT2D eigenvalue weighted by Gasteiger charge is -2.34. The van der Waals surface area contributed by atoms with Crippen LogP contribution in [-0.2, 0) is 6.42 Å². The van der Waals surface area contributed by atoms with Gasteiger partial charge in [-0.15, -0.1) is 0 Å². The van der Waals surface area contributed by atoms with E-state index >= 15 is 0 Å². The third-order valence-corrected chi connectivity index (χ3v) is 4.62. The third kappa shape index (κ3) is 5.87. The average molecular weight is 317 g/mol. The van der Waals surface area contributed by atoms with Crippen LogP contribution in [-0.4, -0.2) is 55.6 Å². The molecule has 2 rings (SSSR count). The predicted molar refractivity (Wildman–Crippen MR) is 95.6 cm³/mol. The minimum Gasteiger partial charge on any atom is -0.334 e. The smallest absolute Gasteiger partial charge is 0.317 e. The summed E-state index contributed by atoms with van der Waals surface area (Å²) in [6, 6.07) is 10.6. The molecule has 2 unspecified atom stereocenters. The fraction of sp³-hybridized carbons (Fsp3) is 0.632. The Morgan fingerprint density at radius 1 is 1.35 bits per heavy atom. The number of rotatable bonds is 6. The van der Waals surface area contributed by atoms with Crippen molar-refractivity contribution >= 4 is 6.03 Å². The first-order valence-electron chi connectivity index (χ1n) is 8.82. The quantitative estimate of drug-likeness (QED) is 0.875. The molecule has 1 aliphatic rings. The largest absolute Gasteiger partial charge is 0.334 e. The number of benzene rings is 1. The molecule has 1 saturated heterocycles. The lowest BCUT2D eigenvalue weighted by Crippen LogP contribution is -2.51. The number of carbonyl (C=O) groups is 1. The molecule has 1 aliphatic heterocycles. The molecule has 2 atom stereocenters. The normalized spacial score (nSPS) is 19.7. The van der Waals surface area contributed by atoms with E-state index in [1.807, 2.05) is 11.0 Å². The van der Waals surface area contributed by atoms with Crippen LogP contribution in [0.25, 0.3) is 0 Å². The Morgan fingerprint density at radius 2 is 2.09 bits per heavy atom. The van der Waals surface area contributed by atoms with E-state index in [9.17, 15) is 4.79 Å². The second-order valence-electron chi connectivity index (χ2n) is 6.96. The third-order valence-electron chi connectivity index (χ3n) is 4.62. The number of hydrogen-bond acceptors (Lipinski definition) is 2. The summed E-state index contributed by atoms with van der Waals surface area (Å²) in [5, 5.41) is 3.26. The monoisotopic (exact) mass is 317 g/mol. The van der Waals surface area contributed by atoms with Crippen LogP contribution in [0.2, 0.25) is 0 Å². The summed E-state index contributed by atoms with van der Waals surface area (Å²) in [7, 11) is 4.11. The summed E-state index contributed by atoms with van der Waals surface area (Å²) in [6.45, 7) is 4.87. The molecule has 0 aliphatic carbocycles. The fourth-order valence-corrected chi connectivity index (χ4v) is 3.35. The van der Waals surface area contributed by atoms with E-state index in [2.05, 4.69) is 55.5 Å². The van der Waals surface area contributed by atoms with Gasteiger partial charge in [0, 0.05) is 25.7 Å². The van der Waals surface area contributed by atoms with E-state index in [0.29, 0.717) is 5.92 Å². The van der Waals surface area contributed by atoms with Crippen LogP contribution in [0.5, 0.6) is 0 Å². The highest BCUT2D eigenvalue weighted by atomic mass is 16.2. The topological polar surface area (TPSA) is 35.6 Å². The molecule has 128 valence electrons. The van der Waals surface area contributed by atoms with E-state index in [-0.39, 0.29) is 12.1 Å². The standard InChI is InChI=1S/C19H31N3O/c1-4-16-11-8-12-22(14-16)19(23)20-18(15-21(2)3)13-17-9-6-5-7-10-17/h5-7,9-10,16,18H,4,8,11-15H2,1-3H3,(H,20,23). The van der Waals surface area contributed by atoms with Gasteiger partial charge in [-0.25, -0.2) is 4.79 Å². The Morgan fingerprint density at radius 3 is 2.74 bits per heavy atom. The van der Waals surface area contributed by atoms with Gasteiger partial charge in [-0.3, -0.25) is 0 Å². The minimum absolute atomic E-state index is 0.103. The zero-order valence-electron chi connectivity index (χ0n) is 14.8. The van der Waals surface area contributed by atoms with Crippen molar-refractivity contribution in [3.8, 4) is 0 Å². The Bertz CT molecular complexity index is 475. The highest BCUT2D eigenvalue weighted by Gasteiger charge is 2.24. The predicted octanol–water partition coefficient (Wildman–Crippen LogP) is 2.99. The number of piperidine rings is 1. The molecule has 0 aromatic heterocycles. The maximum absolute atomic E-state index is 12.6. The molecule has 1 aromatic rings. The zero-order chi connectivity index (χ0) is 16.7. The zero-order valence-corrected chi connectivity index (χ0v) is 14.8. The maximum atomic E-state index is 12.6. The van der Waals surface area contributed by atoms with Gasteiger partial charge in [0.1, 0.15) is 0 Å². The molecule has 0 spiro atoms. The summed E-state index contributed by atoms with van der Waals surface area (Å²) in [6.07, 6.45) is 4.42. The summed E-state index contributed by atoms with van der Waals surface area (Å²) in [4.78, 5) is 16.8. The van der Waals surface area contributed by atoms with Crippen LogP contribution in [0, 0.1) is 5.92 Å². The van der Waals surface area contributed by atoms with E-state index in [4.69, 9.17) is 0 Å². The van der Waals surface area contributed by atoms with Crippen molar-refractivity contribution in [2.45, 2.75) is 38.6 Å². The van der Waals surface area contributed by atoms with E-state index in [1.165, 1.54) is 12.0 Å². The molecular weight excluding hydrogens is 286 g/mol. The van der Waals surface area contributed by atoms with E-state index in [0.717, 1.165) is 38.9 Å². The van der Waals surface area contributed by atoms with Gasteiger partial charge in [0.25, 0.3) is 0 Å². The van der Waals surface area contributed by atoms with Crippen molar-refractivity contribution in [1.29, 1.82) is 0 Å². The molecular formula is C19H31N3O. The van der Waals surface area contributed by atoms with Gasteiger partial charge < -0.3 is 15.1 Å². The molecule has 1 aromatic carbocycles. The van der Waals surface area contributed by atoms with Crippen LogP contribution in [0.1, 0.15) is 31.7 Å². The Labute approximate surface area is 140 Å². The first kappa shape index (κ1) is 17.8. The summed E-state index contributed by atoms with van der Waals surface area (Å²) in [5.74, 6) is 0.663. The second kappa shape index (κ2) is 8.92. The molecule has 1 heterocycles. The van der Waals surface area contributed by atoms with Crippen LogP contribution in [0.4, 0.5) is 4.79 Å². The summed E-state index contributed by atoms with van der Waals surface area (Å²) in [5.41, 5.74) is 1.27. The van der Waals surface area contributed by atoms with Crippen LogP contribution in [0.3, 0.4) is 0 Å². The van der Waals surface area contributed by atoms with Gasteiger partial charge in [0.05, 0.1) is 0 Å². The highest BCUT2D eigenvalue weighted by Crippen LogP contribution is 2.19. The average Bonchev–Trinajstić information content (AvgIpc) is 2.55. The SMILES string of the molecule is CCC1CCCN(C(=O)NC(Cc2ccccc2)CN(C)C)C1. The number of likely N-dealkylation sites (tertiary alicyclic amines) is 1. The first-order chi connectivity index (χ1) is 11.1. The van der Waals surface area contributed by atoms with Gasteiger partial charge >= 0.3 is 6.03 Å². The number of urea groups is 1. The van der Waals surface area contributed by atoms with Crippen molar-refractivity contribution in [2.24, 2.45) is 5.92 Å². The fourth-order valence-electron chi connectivity index (χ4n) is 3.35. The summed E-state index contributed by atoms with van der Waals surface area (Å²) < 4.78 is 0. The molecule has 2 amide bonds. The molecule has 1 fully saturated rings. The van der Waals surface area contributed by atoms with Crippen molar-refractivity contribution in [3.05, 3.63) is 35.9 Å².